The largest absolute Gasteiger partial charge is 0.432 e. The Kier molecular flexibility index (Phi) is 16.1. The molecular weight excluding hydrogens is 973 g/mol. The average Bonchev–Trinajstić information content (AvgIpc) is 3.36. The van der Waals surface area contributed by atoms with Crippen LogP contribution in [-0.4, -0.2) is 210 Å². The molecule has 5 aliphatic carbocycles. The second kappa shape index (κ2) is 20.8. The van der Waals surface area contributed by atoms with Crippen molar-refractivity contribution in [2.24, 2.45) is 56.7 Å². The van der Waals surface area contributed by atoms with E-state index in [0.29, 0.717) is 25.2 Å². The highest BCUT2D eigenvalue weighted by atomic mass is 16.8. The second-order valence-electron chi connectivity index (χ2n) is 25.2. The second-order valence-corrected chi connectivity index (χ2v) is 25.2. The lowest BCUT2D eigenvalue weighted by molar-refractivity contribution is -0.389. The molecule has 4 aliphatic heterocycles. The molecule has 4 saturated heterocycles. The van der Waals surface area contributed by atoms with Crippen molar-refractivity contribution in [1.29, 1.82) is 0 Å². The Morgan fingerprint density at radius 3 is 1.89 bits per heavy atom. The van der Waals surface area contributed by atoms with E-state index in [4.69, 9.17) is 37.9 Å². The lowest BCUT2D eigenvalue weighted by Gasteiger charge is -2.73. The molecule has 9 rings (SSSR count). The van der Waals surface area contributed by atoms with Gasteiger partial charge in [0.15, 0.2) is 18.9 Å². The van der Waals surface area contributed by atoms with Crippen molar-refractivity contribution in [3.8, 4) is 0 Å². The molecule has 4 saturated carbocycles. The standard InChI is InChI=1S/C53H86O21/c1-22-11-16-53(48(66)74-45-41(65)38(62)35(59)27(19-54)69-45)18-17-51(7)25(32(53)23(22)2)9-10-30-50(6)14-13-31(49(4,5)29(50)12-15-52(30,51)8)71-47-43(39(63)36(60)28(20-55)70-47)73-46-42(34(58)26(56)21-67-46)72-44-40(64)37(61)33(57)24(3)68-44/h11,23-47,54-65H,9-10,12-21H2,1-8H3/t23-,24-,25+,26-,27+,28+,29-,30+,31-,32-,33-,34-,35+,36+,37+,38-,39-,40+,41+,42+,43+,44-,45-,46-,47-,50-,51+,52+,53-/m0/s1. The van der Waals surface area contributed by atoms with E-state index < -0.39 is 159 Å². The number of aliphatic hydroxyl groups excluding tert-OH is 12. The molecule has 0 unspecified atom stereocenters. The van der Waals surface area contributed by atoms with Crippen LogP contribution in [0.5, 0.6) is 0 Å². The minimum Gasteiger partial charge on any atom is -0.432 e. The van der Waals surface area contributed by atoms with Gasteiger partial charge in [-0.15, -0.1) is 0 Å². The maximum absolute atomic E-state index is 14.8. The molecule has 0 aromatic carbocycles. The number of hydrogen-bond donors (Lipinski definition) is 12. The zero-order valence-corrected chi connectivity index (χ0v) is 44.0. The number of rotatable bonds is 10. The monoisotopic (exact) mass is 1060 g/mol. The topological polar surface area (TPSA) is 334 Å². The van der Waals surface area contributed by atoms with Crippen molar-refractivity contribution >= 4 is 5.97 Å². The molecule has 74 heavy (non-hydrogen) atoms. The van der Waals surface area contributed by atoms with Crippen molar-refractivity contribution < 1.29 is 104 Å². The van der Waals surface area contributed by atoms with Gasteiger partial charge in [0.2, 0.25) is 6.29 Å². The molecular formula is C53H86O21. The third kappa shape index (κ3) is 8.99. The van der Waals surface area contributed by atoms with Crippen LogP contribution in [0.25, 0.3) is 0 Å². The summed E-state index contributed by atoms with van der Waals surface area (Å²) in [5.41, 5.74) is -0.710. The summed E-state index contributed by atoms with van der Waals surface area (Å²) in [7, 11) is 0. The Morgan fingerprint density at radius 2 is 1.22 bits per heavy atom. The summed E-state index contributed by atoms with van der Waals surface area (Å²) in [5, 5.41) is 128. The van der Waals surface area contributed by atoms with Gasteiger partial charge in [-0.2, -0.15) is 0 Å². The molecule has 12 N–H and O–H groups in total. The number of carbonyl (C=O) groups excluding carboxylic acids is 1. The van der Waals surface area contributed by atoms with E-state index in [-0.39, 0.29) is 39.9 Å². The summed E-state index contributed by atoms with van der Waals surface area (Å²) < 4.78 is 48.5. The lowest BCUT2D eigenvalue weighted by Crippen LogP contribution is -2.69. The van der Waals surface area contributed by atoms with Crippen LogP contribution in [0.15, 0.2) is 11.6 Å². The number of carbonyl (C=O) groups is 1. The summed E-state index contributed by atoms with van der Waals surface area (Å²) in [6.45, 7) is 15.7. The fourth-order valence-electron chi connectivity index (χ4n) is 16.8. The van der Waals surface area contributed by atoms with Gasteiger partial charge in [-0.05, 0) is 123 Å². The van der Waals surface area contributed by atoms with Gasteiger partial charge in [-0.25, -0.2) is 0 Å². The van der Waals surface area contributed by atoms with Crippen molar-refractivity contribution in [2.75, 3.05) is 19.8 Å². The fourth-order valence-corrected chi connectivity index (χ4v) is 16.8. The third-order valence-electron chi connectivity index (χ3n) is 21.5. The molecule has 0 aromatic heterocycles. The highest BCUT2D eigenvalue weighted by Crippen LogP contribution is 2.77. The van der Waals surface area contributed by atoms with Crippen LogP contribution in [0.2, 0.25) is 0 Å². The van der Waals surface area contributed by atoms with Crippen molar-refractivity contribution in [3.63, 3.8) is 0 Å². The summed E-state index contributed by atoms with van der Waals surface area (Å²) in [5.74, 6) is 0.0128. The maximum Gasteiger partial charge on any atom is 0.315 e. The molecule has 4 heterocycles. The lowest BCUT2D eigenvalue weighted by atomic mass is 9.31. The number of hydrogen-bond acceptors (Lipinski definition) is 21. The third-order valence-corrected chi connectivity index (χ3v) is 21.5. The van der Waals surface area contributed by atoms with E-state index in [0.717, 1.165) is 38.5 Å². The maximum atomic E-state index is 14.8. The van der Waals surface area contributed by atoms with Gasteiger partial charge in [0.25, 0.3) is 0 Å². The molecule has 9 aliphatic rings. The minimum absolute atomic E-state index is 0.0422. The van der Waals surface area contributed by atoms with Crippen molar-refractivity contribution in [2.45, 2.75) is 236 Å². The molecule has 0 aromatic rings. The van der Waals surface area contributed by atoms with E-state index in [1.54, 1.807) is 0 Å². The van der Waals surface area contributed by atoms with Gasteiger partial charge >= 0.3 is 5.97 Å². The summed E-state index contributed by atoms with van der Waals surface area (Å²) >= 11 is 0. The Bertz CT molecular complexity index is 2030. The first-order valence-corrected chi connectivity index (χ1v) is 27.2. The van der Waals surface area contributed by atoms with Crippen LogP contribution < -0.4 is 0 Å². The molecule has 0 spiro atoms. The van der Waals surface area contributed by atoms with Crippen LogP contribution in [0, 0.1) is 56.7 Å². The quantitative estimate of drug-likeness (QED) is 0.0745. The smallest absolute Gasteiger partial charge is 0.315 e. The Labute approximate surface area is 433 Å². The molecule has 21 heteroatoms. The van der Waals surface area contributed by atoms with Crippen molar-refractivity contribution in [1.82, 2.24) is 0 Å². The zero-order valence-electron chi connectivity index (χ0n) is 44.0. The summed E-state index contributed by atoms with van der Waals surface area (Å²) in [6.07, 6.45) is -20.8. The van der Waals surface area contributed by atoms with Gasteiger partial charge in [0.05, 0.1) is 37.4 Å². The number of aliphatic hydroxyl groups is 12. The number of ether oxygens (including phenoxy) is 8. The van der Waals surface area contributed by atoms with Gasteiger partial charge in [-0.3, -0.25) is 4.79 Å². The fraction of sp³-hybridized carbons (Fsp3) is 0.943. The number of allylic oxidation sites excluding steroid dienone is 2. The first-order chi connectivity index (χ1) is 34.7. The zero-order chi connectivity index (χ0) is 53.9. The van der Waals surface area contributed by atoms with E-state index in [1.807, 2.05) is 0 Å². The highest BCUT2D eigenvalue weighted by molar-refractivity contribution is 5.78. The average molecular weight is 1060 g/mol. The predicted octanol–water partition coefficient (Wildman–Crippen LogP) is -0.513. The van der Waals surface area contributed by atoms with Gasteiger partial charge in [-0.1, -0.05) is 53.2 Å². The van der Waals surface area contributed by atoms with Crippen LogP contribution in [0.3, 0.4) is 0 Å². The molecule has 29 atom stereocenters. The number of esters is 1. The van der Waals surface area contributed by atoms with Gasteiger partial charge in [0.1, 0.15) is 85.5 Å². The van der Waals surface area contributed by atoms with E-state index in [2.05, 4.69) is 54.5 Å². The van der Waals surface area contributed by atoms with Crippen LogP contribution >= 0.6 is 0 Å². The molecule has 424 valence electrons. The van der Waals surface area contributed by atoms with Gasteiger partial charge < -0.3 is 99.2 Å². The molecule has 8 fully saturated rings. The number of fused-ring (bicyclic) bond motifs is 7. The van der Waals surface area contributed by atoms with Crippen molar-refractivity contribution in [3.05, 3.63) is 11.6 Å². The summed E-state index contributed by atoms with van der Waals surface area (Å²) in [6, 6.07) is 0. The summed E-state index contributed by atoms with van der Waals surface area (Å²) in [4.78, 5) is 14.8. The Balaban J connectivity index is 0.939. The first kappa shape index (κ1) is 57.1. The highest BCUT2D eigenvalue weighted by Gasteiger charge is 2.72. The molecule has 0 radical (unpaired) electrons. The SMILES string of the molecule is CC1=CC[C@]2(C(=O)O[C@@H]3O[C@H](CO)[C@@H](O)[C@H](O)[C@H]3O)CC[C@]3(C)[C@H](CC[C@@H]4[C@@]5(C)CC[C@H](O[C@@H]6O[C@H](CO)[C@@H](O)[C@H](O)[C@H]6O[C@@H]6OC[C@H](O)[C@H](O)[C@H]6O[C@@H]6O[C@@H](C)[C@H](O)[C@@H](O)[C@H]6O)C(C)(C)[C@@H]5CC[C@]43C)[C@@H]2[C@H]1C. The van der Waals surface area contributed by atoms with E-state index in [1.165, 1.54) is 12.5 Å². The Hall–Kier alpha value is -1.55. The van der Waals surface area contributed by atoms with E-state index in [9.17, 15) is 66.1 Å². The molecule has 0 bridgehead atoms. The molecule has 0 amide bonds. The predicted molar refractivity (Wildman–Crippen MR) is 255 cm³/mol. The van der Waals surface area contributed by atoms with Crippen LogP contribution in [0.1, 0.15) is 113 Å². The minimum atomic E-state index is -1.77. The Morgan fingerprint density at radius 1 is 0.608 bits per heavy atom. The normalized spacial score (nSPS) is 55.4. The first-order valence-electron chi connectivity index (χ1n) is 27.2. The van der Waals surface area contributed by atoms with E-state index >= 15 is 0 Å². The van der Waals surface area contributed by atoms with Gasteiger partial charge in [0, 0.05) is 0 Å². The molecule has 21 nitrogen and oxygen atoms in total. The van der Waals surface area contributed by atoms with Crippen LogP contribution in [-0.2, 0) is 42.7 Å². The van der Waals surface area contributed by atoms with Crippen LogP contribution in [0.4, 0.5) is 0 Å².